The quantitative estimate of drug-likeness (QED) is 0.729. The summed E-state index contributed by atoms with van der Waals surface area (Å²) in [5.74, 6) is 0.532. The van der Waals surface area contributed by atoms with Gasteiger partial charge in [0.15, 0.2) is 0 Å². The molecule has 0 spiro atoms. The van der Waals surface area contributed by atoms with Crippen molar-refractivity contribution in [2.45, 2.75) is 40.5 Å². The monoisotopic (exact) mass is 244 g/mol. The van der Waals surface area contributed by atoms with Crippen molar-refractivity contribution in [1.29, 1.82) is 0 Å². The lowest BCUT2D eigenvalue weighted by molar-refractivity contribution is -0.136. The second-order valence-corrected chi connectivity index (χ2v) is 5.19. The molecule has 0 heterocycles. The molecule has 0 rings (SSSR count). The lowest BCUT2D eigenvalue weighted by atomic mass is 9.85. The molecular formula is C12H24N2OS. The smallest absolute Gasteiger partial charge is 0.235 e. The molecule has 2 unspecified atom stereocenters. The molecule has 0 saturated heterocycles. The molecule has 0 aromatic carbocycles. The summed E-state index contributed by atoms with van der Waals surface area (Å²) in [6.07, 6.45) is 1.71. The number of nitrogens with zero attached hydrogens (tertiary/aromatic N) is 1. The molecule has 0 aromatic heterocycles. The number of hydrogen-bond acceptors (Lipinski definition) is 2. The van der Waals surface area contributed by atoms with Crippen LogP contribution in [0.15, 0.2) is 0 Å². The maximum Gasteiger partial charge on any atom is 0.235 e. The van der Waals surface area contributed by atoms with Crippen LogP contribution in [0.4, 0.5) is 0 Å². The van der Waals surface area contributed by atoms with Crippen LogP contribution in [-0.4, -0.2) is 29.4 Å². The molecule has 4 heteroatoms. The molecule has 0 radical (unpaired) electrons. The van der Waals surface area contributed by atoms with Gasteiger partial charge in [-0.3, -0.25) is 4.79 Å². The van der Waals surface area contributed by atoms with E-state index in [0.717, 1.165) is 13.0 Å². The molecule has 16 heavy (non-hydrogen) atoms. The number of hydrogen-bond donors (Lipinski definition) is 1. The minimum Gasteiger partial charge on any atom is -0.392 e. The Morgan fingerprint density at radius 2 is 2.00 bits per heavy atom. The van der Waals surface area contributed by atoms with Crippen LogP contribution in [0.2, 0.25) is 0 Å². The van der Waals surface area contributed by atoms with E-state index in [1.165, 1.54) is 0 Å². The number of carbonyl (C=O) groups excluding carboxylic acids is 1. The van der Waals surface area contributed by atoms with E-state index in [4.69, 9.17) is 18.0 Å². The van der Waals surface area contributed by atoms with E-state index < -0.39 is 5.41 Å². The van der Waals surface area contributed by atoms with Crippen molar-refractivity contribution in [1.82, 2.24) is 4.90 Å². The predicted molar refractivity (Wildman–Crippen MR) is 72.3 cm³/mol. The molecule has 0 aliphatic carbocycles. The average Bonchev–Trinajstić information content (AvgIpc) is 2.26. The van der Waals surface area contributed by atoms with E-state index >= 15 is 0 Å². The maximum absolute atomic E-state index is 12.2. The molecule has 2 N–H and O–H groups in total. The molecule has 0 aromatic rings. The second-order valence-electron chi connectivity index (χ2n) is 4.75. The second kappa shape index (κ2) is 6.18. The molecule has 3 nitrogen and oxygen atoms in total. The third-order valence-corrected chi connectivity index (χ3v) is 3.80. The first kappa shape index (κ1) is 15.4. The van der Waals surface area contributed by atoms with Crippen LogP contribution in [-0.2, 0) is 4.79 Å². The van der Waals surface area contributed by atoms with E-state index in [2.05, 4.69) is 13.8 Å². The topological polar surface area (TPSA) is 46.3 Å². The zero-order chi connectivity index (χ0) is 12.9. The highest BCUT2D eigenvalue weighted by Gasteiger charge is 2.36. The lowest BCUT2D eigenvalue weighted by Crippen LogP contribution is -2.48. The fourth-order valence-corrected chi connectivity index (χ4v) is 1.76. The molecule has 0 aliphatic rings. The van der Waals surface area contributed by atoms with Crippen molar-refractivity contribution >= 4 is 23.1 Å². The Morgan fingerprint density at radius 3 is 2.31 bits per heavy atom. The predicted octanol–water partition coefficient (Wildman–Crippen LogP) is 2.19. The summed E-state index contributed by atoms with van der Waals surface area (Å²) < 4.78 is 0. The van der Waals surface area contributed by atoms with Gasteiger partial charge in [0.2, 0.25) is 5.91 Å². The number of rotatable bonds is 6. The van der Waals surface area contributed by atoms with Crippen LogP contribution < -0.4 is 5.73 Å². The van der Waals surface area contributed by atoms with Crippen LogP contribution in [0.25, 0.3) is 0 Å². The third kappa shape index (κ3) is 3.44. The summed E-state index contributed by atoms with van der Waals surface area (Å²) in [7, 11) is 1.82. The SMILES string of the molecule is CCC(C)CN(C)C(=O)C(C)(CC)C(N)=S. The molecule has 2 atom stereocenters. The van der Waals surface area contributed by atoms with Gasteiger partial charge in [-0.2, -0.15) is 0 Å². The third-order valence-electron chi connectivity index (χ3n) is 3.35. The van der Waals surface area contributed by atoms with Crippen molar-refractivity contribution in [3.8, 4) is 0 Å². The fourth-order valence-electron chi connectivity index (χ4n) is 1.53. The Hall–Kier alpha value is -0.640. The summed E-state index contributed by atoms with van der Waals surface area (Å²) in [4.78, 5) is 14.3. The molecule has 0 aliphatic heterocycles. The van der Waals surface area contributed by atoms with E-state index in [9.17, 15) is 4.79 Å². The minimum absolute atomic E-state index is 0.0304. The first-order valence-corrected chi connectivity index (χ1v) is 6.25. The Morgan fingerprint density at radius 1 is 1.50 bits per heavy atom. The number of carbonyl (C=O) groups is 1. The zero-order valence-corrected chi connectivity index (χ0v) is 11.9. The Kier molecular flexibility index (Phi) is 5.94. The van der Waals surface area contributed by atoms with Crippen LogP contribution in [0.1, 0.15) is 40.5 Å². The molecule has 0 fully saturated rings. The molecule has 94 valence electrons. The molecule has 1 amide bonds. The van der Waals surface area contributed by atoms with E-state index in [1.807, 2.05) is 20.9 Å². The van der Waals surface area contributed by atoms with Gasteiger partial charge in [0, 0.05) is 13.6 Å². The molecular weight excluding hydrogens is 220 g/mol. The van der Waals surface area contributed by atoms with Crippen molar-refractivity contribution in [2.24, 2.45) is 17.1 Å². The van der Waals surface area contributed by atoms with Crippen LogP contribution in [0.3, 0.4) is 0 Å². The zero-order valence-electron chi connectivity index (χ0n) is 11.0. The van der Waals surface area contributed by atoms with Gasteiger partial charge in [0.25, 0.3) is 0 Å². The lowest BCUT2D eigenvalue weighted by Gasteiger charge is -2.32. The minimum atomic E-state index is -0.697. The highest BCUT2D eigenvalue weighted by Crippen LogP contribution is 2.24. The van der Waals surface area contributed by atoms with Crippen molar-refractivity contribution in [3.05, 3.63) is 0 Å². The van der Waals surface area contributed by atoms with E-state index in [-0.39, 0.29) is 10.9 Å². The van der Waals surface area contributed by atoms with Crippen LogP contribution in [0.5, 0.6) is 0 Å². The van der Waals surface area contributed by atoms with Gasteiger partial charge in [-0.05, 0) is 19.3 Å². The highest BCUT2D eigenvalue weighted by atomic mass is 32.1. The first-order chi connectivity index (χ1) is 7.29. The van der Waals surface area contributed by atoms with Crippen molar-refractivity contribution < 1.29 is 4.79 Å². The van der Waals surface area contributed by atoms with Crippen molar-refractivity contribution in [2.75, 3.05) is 13.6 Å². The molecule has 0 saturated carbocycles. The summed E-state index contributed by atoms with van der Waals surface area (Å²) in [5.41, 5.74) is 4.97. The Labute approximate surface area is 104 Å². The Balaban J connectivity index is 4.70. The van der Waals surface area contributed by atoms with Gasteiger partial charge < -0.3 is 10.6 Å². The van der Waals surface area contributed by atoms with Gasteiger partial charge in [-0.1, -0.05) is 39.4 Å². The van der Waals surface area contributed by atoms with E-state index in [0.29, 0.717) is 12.3 Å². The van der Waals surface area contributed by atoms with Gasteiger partial charge in [0.05, 0.1) is 10.4 Å². The van der Waals surface area contributed by atoms with Crippen molar-refractivity contribution in [3.63, 3.8) is 0 Å². The van der Waals surface area contributed by atoms with E-state index in [1.54, 1.807) is 4.90 Å². The number of thiocarbonyl (C=S) groups is 1. The summed E-state index contributed by atoms with van der Waals surface area (Å²) in [5, 5.41) is 0. The normalized spacial score (nSPS) is 16.3. The Bertz CT molecular complexity index is 268. The summed E-state index contributed by atoms with van der Waals surface area (Å²) in [6, 6.07) is 0. The van der Waals surface area contributed by atoms with Gasteiger partial charge in [-0.15, -0.1) is 0 Å². The first-order valence-electron chi connectivity index (χ1n) is 5.85. The number of amides is 1. The largest absolute Gasteiger partial charge is 0.392 e. The van der Waals surface area contributed by atoms with Gasteiger partial charge in [-0.25, -0.2) is 0 Å². The average molecular weight is 244 g/mol. The standard InChI is InChI=1S/C12H24N2OS/c1-6-9(3)8-14(5)11(15)12(4,7-2)10(13)16/h9H,6-8H2,1-5H3,(H2,13,16). The fraction of sp³-hybridized carbons (Fsp3) is 0.833. The summed E-state index contributed by atoms with van der Waals surface area (Å²) in [6.45, 7) is 8.77. The van der Waals surface area contributed by atoms with Crippen LogP contribution >= 0.6 is 12.2 Å². The van der Waals surface area contributed by atoms with Crippen LogP contribution in [0, 0.1) is 11.3 Å². The highest BCUT2D eigenvalue weighted by molar-refractivity contribution is 7.80. The van der Waals surface area contributed by atoms with Gasteiger partial charge >= 0.3 is 0 Å². The van der Waals surface area contributed by atoms with Gasteiger partial charge in [0.1, 0.15) is 0 Å². The maximum atomic E-state index is 12.2. The summed E-state index contributed by atoms with van der Waals surface area (Å²) >= 11 is 5.00. The number of nitrogens with two attached hydrogens (primary N) is 1. The molecule has 0 bridgehead atoms.